The highest BCUT2D eigenvalue weighted by Crippen LogP contribution is 2.37. The molecule has 0 aliphatic rings. The molecule has 0 heterocycles. The number of hydrogen-bond acceptors (Lipinski definition) is 4. The molecule has 1 unspecified atom stereocenters. The zero-order valence-corrected chi connectivity index (χ0v) is 21.4. The highest BCUT2D eigenvalue weighted by atomic mass is 28.2. The number of hydrogen-bond donors (Lipinski definition) is 1. The van der Waals surface area contributed by atoms with E-state index in [4.69, 9.17) is 9.16 Å². The van der Waals surface area contributed by atoms with Gasteiger partial charge in [0.25, 0.3) is 0 Å². The Labute approximate surface area is 195 Å². The van der Waals surface area contributed by atoms with Gasteiger partial charge in [-0.15, -0.1) is 0 Å². The predicted octanol–water partition coefficient (Wildman–Crippen LogP) is 5.38. The summed E-state index contributed by atoms with van der Waals surface area (Å²) < 4.78 is 11.2. The van der Waals surface area contributed by atoms with Gasteiger partial charge in [0.1, 0.15) is 5.75 Å². The fourth-order valence-corrected chi connectivity index (χ4v) is 4.35. The molecular weight excluding hydrogens is 418 g/mol. The van der Waals surface area contributed by atoms with Crippen LogP contribution in [-0.2, 0) is 16.6 Å². The van der Waals surface area contributed by atoms with Crippen LogP contribution >= 0.6 is 0 Å². The lowest BCUT2D eigenvalue weighted by Gasteiger charge is -2.28. The average Bonchev–Trinajstić information content (AvgIpc) is 2.64. The van der Waals surface area contributed by atoms with Gasteiger partial charge in [0, 0.05) is 12.0 Å². The highest BCUT2D eigenvalue weighted by molar-refractivity contribution is 6.06. The van der Waals surface area contributed by atoms with E-state index in [-0.39, 0.29) is 17.6 Å². The fraction of sp³-hybridized carbons (Fsp3) is 0.462. The molecule has 2 aromatic rings. The van der Waals surface area contributed by atoms with E-state index < -0.39 is 17.7 Å². The SMILES string of the molecule is Cc1cc(C(=O)C(Cc2ccccc2)OC(=O)NC(C)(C)C)c(O[Si])c(C)c1C(C)(C)C. The van der Waals surface area contributed by atoms with Crippen molar-refractivity contribution in [3.63, 3.8) is 0 Å². The zero-order chi connectivity index (χ0) is 24.3. The summed E-state index contributed by atoms with van der Waals surface area (Å²) in [7, 11) is 3.14. The maximum atomic E-state index is 13.7. The Balaban J connectivity index is 2.51. The number of carbonyl (C=O) groups is 2. The van der Waals surface area contributed by atoms with Gasteiger partial charge in [-0.25, -0.2) is 4.79 Å². The summed E-state index contributed by atoms with van der Waals surface area (Å²) >= 11 is 0. The maximum absolute atomic E-state index is 13.7. The minimum atomic E-state index is -1.00. The van der Waals surface area contributed by atoms with Gasteiger partial charge in [-0.05, 0) is 68.4 Å². The highest BCUT2D eigenvalue weighted by Gasteiger charge is 2.31. The van der Waals surface area contributed by atoms with Crippen molar-refractivity contribution in [2.45, 2.75) is 78.9 Å². The van der Waals surface area contributed by atoms with Crippen molar-refractivity contribution in [2.75, 3.05) is 0 Å². The van der Waals surface area contributed by atoms with Crippen molar-refractivity contribution in [1.82, 2.24) is 5.32 Å². The molecule has 0 aliphatic carbocycles. The number of alkyl carbamates (subject to hydrolysis) is 1. The van der Waals surface area contributed by atoms with Gasteiger partial charge in [-0.3, -0.25) is 4.79 Å². The molecule has 0 aliphatic heterocycles. The van der Waals surface area contributed by atoms with Crippen LogP contribution in [0.1, 0.15) is 74.2 Å². The molecule has 1 atom stereocenters. The van der Waals surface area contributed by atoms with Crippen molar-refractivity contribution in [3.8, 4) is 5.75 Å². The van der Waals surface area contributed by atoms with Gasteiger partial charge in [0.15, 0.2) is 6.10 Å². The van der Waals surface area contributed by atoms with Crippen molar-refractivity contribution in [3.05, 3.63) is 64.2 Å². The lowest BCUT2D eigenvalue weighted by Crippen LogP contribution is -2.44. The molecule has 2 rings (SSSR count). The second-order valence-corrected chi connectivity index (χ2v) is 10.4. The number of aryl methyl sites for hydroxylation is 1. The summed E-state index contributed by atoms with van der Waals surface area (Å²) in [6.45, 7) is 15.9. The Kier molecular flexibility index (Phi) is 7.94. The van der Waals surface area contributed by atoms with Crippen molar-refractivity contribution in [1.29, 1.82) is 0 Å². The number of ether oxygens (including phenoxy) is 1. The molecule has 0 bridgehead atoms. The predicted molar refractivity (Wildman–Crippen MR) is 129 cm³/mol. The molecule has 0 fully saturated rings. The standard InChI is InChI=1S/C26H34NO4Si/c1-16-14-19(23(31-32)17(2)21(16)25(3,4)5)22(28)20(15-18-12-10-9-11-13-18)30-24(29)27-26(6,7)8/h9-14,20H,15H2,1-8H3,(H,27,29). The number of carbonyl (C=O) groups excluding carboxylic acids is 2. The third-order valence-electron chi connectivity index (χ3n) is 5.12. The van der Waals surface area contributed by atoms with Crippen LogP contribution in [0.25, 0.3) is 0 Å². The third kappa shape index (κ3) is 6.45. The van der Waals surface area contributed by atoms with E-state index in [1.165, 1.54) is 0 Å². The molecule has 32 heavy (non-hydrogen) atoms. The average molecular weight is 453 g/mol. The number of amides is 1. The first kappa shape index (κ1) is 25.7. The van der Waals surface area contributed by atoms with Crippen LogP contribution in [-0.4, -0.2) is 34.0 Å². The Morgan fingerprint density at radius 2 is 1.62 bits per heavy atom. The largest absolute Gasteiger partial charge is 0.540 e. The molecule has 171 valence electrons. The summed E-state index contributed by atoms with van der Waals surface area (Å²) in [6, 6.07) is 11.3. The van der Waals surface area contributed by atoms with Gasteiger partial charge in [0.05, 0.1) is 5.56 Å². The molecule has 2 aromatic carbocycles. The Morgan fingerprint density at radius 1 is 1.03 bits per heavy atom. The molecule has 1 amide bonds. The topological polar surface area (TPSA) is 64.6 Å². The smallest absolute Gasteiger partial charge is 0.408 e. The zero-order valence-electron chi connectivity index (χ0n) is 20.4. The summed E-state index contributed by atoms with van der Waals surface area (Å²) in [5.74, 6) is 0.137. The lowest BCUT2D eigenvalue weighted by atomic mass is 9.79. The first-order chi connectivity index (χ1) is 14.7. The molecule has 0 saturated carbocycles. The fourth-order valence-electron chi connectivity index (χ4n) is 4.09. The summed E-state index contributed by atoms with van der Waals surface area (Å²) in [5, 5.41) is 2.77. The second-order valence-electron chi connectivity index (χ2n) is 10.2. The first-order valence-electron chi connectivity index (χ1n) is 10.8. The van der Waals surface area contributed by atoms with Crippen LogP contribution in [0.2, 0.25) is 0 Å². The van der Waals surface area contributed by atoms with Crippen LogP contribution in [0.15, 0.2) is 36.4 Å². The van der Waals surface area contributed by atoms with Gasteiger partial charge in [-0.1, -0.05) is 51.1 Å². The normalized spacial score (nSPS) is 12.8. The number of Topliss-reactive ketones (excluding diaryl/α,β-unsaturated/α-hetero) is 1. The number of rotatable bonds is 6. The third-order valence-corrected chi connectivity index (χ3v) is 5.32. The van der Waals surface area contributed by atoms with E-state index in [1.807, 2.05) is 71.0 Å². The lowest BCUT2D eigenvalue weighted by molar-refractivity contribution is 0.0608. The van der Waals surface area contributed by atoms with E-state index >= 15 is 0 Å². The summed E-state index contributed by atoms with van der Waals surface area (Å²) in [6.07, 6.45) is -1.37. The van der Waals surface area contributed by atoms with Crippen LogP contribution < -0.4 is 9.74 Å². The Bertz CT molecular complexity index is 972. The van der Waals surface area contributed by atoms with Crippen molar-refractivity contribution < 1.29 is 18.8 Å². The van der Waals surface area contributed by atoms with Crippen molar-refractivity contribution >= 4 is 22.4 Å². The molecule has 0 saturated heterocycles. The van der Waals surface area contributed by atoms with Crippen LogP contribution in [0.5, 0.6) is 5.75 Å². The Morgan fingerprint density at radius 3 is 2.12 bits per heavy atom. The summed E-state index contributed by atoms with van der Waals surface area (Å²) in [4.78, 5) is 26.2. The molecule has 3 radical (unpaired) electrons. The van der Waals surface area contributed by atoms with E-state index in [0.29, 0.717) is 11.3 Å². The van der Waals surface area contributed by atoms with Gasteiger partial charge >= 0.3 is 16.6 Å². The van der Waals surface area contributed by atoms with E-state index in [0.717, 1.165) is 22.3 Å². The quantitative estimate of drug-likeness (QED) is 0.472. The monoisotopic (exact) mass is 452 g/mol. The second kappa shape index (κ2) is 9.90. The maximum Gasteiger partial charge on any atom is 0.408 e. The molecule has 1 N–H and O–H groups in total. The van der Waals surface area contributed by atoms with Crippen molar-refractivity contribution in [2.24, 2.45) is 0 Å². The molecule has 0 aromatic heterocycles. The summed E-state index contributed by atoms with van der Waals surface area (Å²) in [5.41, 5.74) is 3.66. The van der Waals surface area contributed by atoms with Crippen LogP contribution in [0.3, 0.4) is 0 Å². The minimum absolute atomic E-state index is 0.123. The number of ketones is 1. The van der Waals surface area contributed by atoms with E-state index in [9.17, 15) is 9.59 Å². The van der Waals surface area contributed by atoms with Gasteiger partial charge in [0.2, 0.25) is 5.78 Å². The minimum Gasteiger partial charge on any atom is -0.540 e. The van der Waals surface area contributed by atoms with Crippen LogP contribution in [0.4, 0.5) is 4.79 Å². The molecular formula is C26H34NO4Si. The Hall–Kier alpha value is -2.60. The molecule has 6 heteroatoms. The van der Waals surface area contributed by atoms with Gasteiger partial charge in [-0.2, -0.15) is 0 Å². The number of benzene rings is 2. The first-order valence-corrected chi connectivity index (χ1v) is 11.2. The molecule has 0 spiro atoms. The van der Waals surface area contributed by atoms with Crippen LogP contribution in [0, 0.1) is 13.8 Å². The van der Waals surface area contributed by atoms with E-state index in [1.54, 1.807) is 0 Å². The van der Waals surface area contributed by atoms with Gasteiger partial charge < -0.3 is 14.5 Å². The van der Waals surface area contributed by atoms with E-state index in [2.05, 4.69) is 36.6 Å². The molecule has 5 nitrogen and oxygen atoms in total. The number of nitrogens with one attached hydrogen (secondary N) is 1.